The summed E-state index contributed by atoms with van der Waals surface area (Å²) in [4.78, 5) is 39.6. The van der Waals surface area contributed by atoms with Crippen molar-refractivity contribution in [1.82, 2.24) is 24.3 Å². The zero-order valence-electron chi connectivity index (χ0n) is 25.9. The lowest BCUT2D eigenvalue weighted by molar-refractivity contribution is -0.158. The molecule has 0 radical (unpaired) electrons. The lowest BCUT2D eigenvalue weighted by atomic mass is 10.0. The van der Waals surface area contributed by atoms with E-state index < -0.39 is 5.60 Å². The summed E-state index contributed by atoms with van der Waals surface area (Å²) in [5.41, 5.74) is -0.276. The molecule has 1 amide bonds. The Hall–Kier alpha value is -3.42. The minimum atomic E-state index is -0.822. The molecular formula is C31H38Cl2N6O6. The van der Waals surface area contributed by atoms with Crippen LogP contribution >= 0.6 is 23.2 Å². The van der Waals surface area contributed by atoms with Gasteiger partial charge in [0.25, 0.3) is 5.56 Å². The van der Waals surface area contributed by atoms with Gasteiger partial charge in [0.1, 0.15) is 17.1 Å². The first kappa shape index (κ1) is 33.0. The van der Waals surface area contributed by atoms with Crippen LogP contribution in [0.25, 0.3) is 22.2 Å². The Morgan fingerprint density at radius 1 is 1.16 bits per heavy atom. The smallest absolute Gasteiger partial charge is 0.260 e. The lowest BCUT2D eigenvalue weighted by Gasteiger charge is -2.42. The fourth-order valence-electron chi connectivity index (χ4n) is 5.53. The standard InChI is InChI=1S/C31H38Cl2N6O6/c1-6-24(40)38-16-20(17-38)45-31(2,3)18-39-28-19(15-35-30(36-28)34-7-8-37-9-11-44-12-10-37)13-21(29(39)41)25-26(32)22(42-4)14-23(43-5)27(25)33/h6,13-15,20H,1,7-12,16-18H2,2-5H3,(H,34,35,36). The maximum Gasteiger partial charge on any atom is 0.260 e. The van der Waals surface area contributed by atoms with Crippen LogP contribution in [0.15, 0.2) is 35.8 Å². The number of likely N-dealkylation sites (tertiary alicyclic amines) is 1. The van der Waals surface area contributed by atoms with Gasteiger partial charge in [0.05, 0.1) is 61.3 Å². The van der Waals surface area contributed by atoms with Crippen molar-refractivity contribution < 1.29 is 23.7 Å². The van der Waals surface area contributed by atoms with Crippen molar-refractivity contribution in [3.63, 3.8) is 0 Å². The monoisotopic (exact) mass is 660 g/mol. The fourth-order valence-corrected chi connectivity index (χ4v) is 6.24. The summed E-state index contributed by atoms with van der Waals surface area (Å²) in [6.45, 7) is 13.0. The number of nitrogens with zero attached hydrogens (tertiary/aromatic N) is 5. The third-order valence-electron chi connectivity index (χ3n) is 7.84. The summed E-state index contributed by atoms with van der Waals surface area (Å²) in [6, 6.07) is 3.25. The molecule has 0 unspecified atom stereocenters. The van der Waals surface area contributed by atoms with Crippen LogP contribution in [-0.4, -0.2) is 109 Å². The van der Waals surface area contributed by atoms with Gasteiger partial charge in [-0.3, -0.25) is 19.1 Å². The highest BCUT2D eigenvalue weighted by molar-refractivity contribution is 6.41. The first-order valence-electron chi connectivity index (χ1n) is 14.7. The van der Waals surface area contributed by atoms with Gasteiger partial charge in [-0.05, 0) is 26.0 Å². The van der Waals surface area contributed by atoms with Crippen molar-refractivity contribution in [2.75, 3.05) is 72.0 Å². The first-order valence-corrected chi connectivity index (χ1v) is 15.4. The molecule has 4 heterocycles. The number of nitrogens with one attached hydrogen (secondary N) is 1. The molecule has 0 bridgehead atoms. The van der Waals surface area contributed by atoms with Crippen LogP contribution in [0, 0.1) is 0 Å². The number of fused-ring (bicyclic) bond motifs is 1. The van der Waals surface area contributed by atoms with E-state index in [0.29, 0.717) is 48.1 Å². The highest BCUT2D eigenvalue weighted by Crippen LogP contribution is 2.45. The van der Waals surface area contributed by atoms with Crippen LogP contribution in [0.5, 0.6) is 11.5 Å². The van der Waals surface area contributed by atoms with Crippen LogP contribution in [0.2, 0.25) is 10.0 Å². The fraction of sp³-hybridized carbons (Fsp3) is 0.484. The number of pyridine rings is 1. The number of hydrogen-bond donors (Lipinski definition) is 1. The summed E-state index contributed by atoms with van der Waals surface area (Å²) in [7, 11) is 2.95. The quantitative estimate of drug-likeness (QED) is 0.288. The molecule has 1 N–H and O–H groups in total. The molecule has 0 aliphatic carbocycles. The Bertz CT molecular complexity index is 1610. The predicted octanol–water partition coefficient (Wildman–Crippen LogP) is 3.72. The summed E-state index contributed by atoms with van der Waals surface area (Å²) in [6.07, 6.45) is 2.76. The highest BCUT2D eigenvalue weighted by Gasteiger charge is 2.35. The Labute approximate surface area is 271 Å². The van der Waals surface area contributed by atoms with Crippen molar-refractivity contribution in [3.05, 3.63) is 51.4 Å². The minimum Gasteiger partial charge on any atom is -0.495 e. The maximum atomic E-state index is 14.4. The van der Waals surface area contributed by atoms with E-state index in [1.165, 1.54) is 20.3 Å². The average Bonchev–Trinajstić information content (AvgIpc) is 3.01. The van der Waals surface area contributed by atoms with Gasteiger partial charge in [0.2, 0.25) is 11.9 Å². The number of aromatic nitrogens is 3. The van der Waals surface area contributed by atoms with E-state index >= 15 is 0 Å². The number of halogens is 2. The molecular weight excluding hydrogens is 623 g/mol. The number of morpholine rings is 1. The van der Waals surface area contributed by atoms with E-state index in [-0.39, 0.29) is 45.3 Å². The molecule has 0 atom stereocenters. The van der Waals surface area contributed by atoms with Crippen molar-refractivity contribution in [2.24, 2.45) is 0 Å². The number of hydrogen-bond acceptors (Lipinski definition) is 10. The second-order valence-electron chi connectivity index (χ2n) is 11.5. The molecule has 0 spiro atoms. The number of methoxy groups -OCH3 is 2. The van der Waals surface area contributed by atoms with Gasteiger partial charge in [-0.2, -0.15) is 4.98 Å². The Morgan fingerprint density at radius 3 is 2.44 bits per heavy atom. The van der Waals surface area contributed by atoms with E-state index in [9.17, 15) is 9.59 Å². The molecule has 2 aromatic heterocycles. The zero-order chi connectivity index (χ0) is 32.3. The molecule has 2 saturated heterocycles. The third-order valence-corrected chi connectivity index (χ3v) is 8.59. The van der Waals surface area contributed by atoms with Crippen molar-refractivity contribution >= 4 is 46.1 Å². The van der Waals surface area contributed by atoms with E-state index in [4.69, 9.17) is 47.1 Å². The normalized spacial score (nSPS) is 16.0. The van der Waals surface area contributed by atoms with Crippen LogP contribution in [-0.2, 0) is 20.8 Å². The predicted molar refractivity (Wildman–Crippen MR) is 174 cm³/mol. The number of carbonyl (C=O) groups excluding carboxylic acids is 1. The zero-order valence-corrected chi connectivity index (χ0v) is 27.4. The van der Waals surface area contributed by atoms with Crippen LogP contribution in [0.4, 0.5) is 5.95 Å². The van der Waals surface area contributed by atoms with Gasteiger partial charge in [-0.1, -0.05) is 29.8 Å². The van der Waals surface area contributed by atoms with E-state index in [2.05, 4.69) is 21.8 Å². The molecule has 2 aliphatic heterocycles. The molecule has 3 aromatic rings. The van der Waals surface area contributed by atoms with E-state index in [0.717, 1.165) is 32.8 Å². The molecule has 242 valence electrons. The maximum absolute atomic E-state index is 14.4. The minimum absolute atomic E-state index is 0.142. The van der Waals surface area contributed by atoms with E-state index in [1.807, 2.05) is 13.8 Å². The van der Waals surface area contributed by atoms with Gasteiger partial charge < -0.3 is 29.2 Å². The second kappa shape index (κ2) is 13.9. The molecule has 5 rings (SSSR count). The van der Waals surface area contributed by atoms with Crippen molar-refractivity contribution in [3.8, 4) is 22.6 Å². The molecule has 12 nitrogen and oxygen atoms in total. The number of amides is 1. The summed E-state index contributed by atoms with van der Waals surface area (Å²) in [5, 5.41) is 4.23. The summed E-state index contributed by atoms with van der Waals surface area (Å²) in [5.74, 6) is 0.868. The van der Waals surface area contributed by atoms with Crippen LogP contribution < -0.4 is 20.3 Å². The van der Waals surface area contributed by atoms with Crippen LogP contribution in [0.1, 0.15) is 13.8 Å². The largest absolute Gasteiger partial charge is 0.495 e. The van der Waals surface area contributed by atoms with Gasteiger partial charge in [-0.15, -0.1) is 0 Å². The highest BCUT2D eigenvalue weighted by atomic mass is 35.5. The number of ether oxygens (including phenoxy) is 4. The first-order chi connectivity index (χ1) is 21.5. The summed E-state index contributed by atoms with van der Waals surface area (Å²) < 4.78 is 24.3. The molecule has 1 aromatic carbocycles. The molecule has 14 heteroatoms. The van der Waals surface area contributed by atoms with Crippen molar-refractivity contribution in [1.29, 1.82) is 0 Å². The second-order valence-corrected chi connectivity index (χ2v) is 12.3. The average molecular weight is 662 g/mol. The molecule has 2 fully saturated rings. The topological polar surface area (TPSA) is 120 Å². The Morgan fingerprint density at radius 2 is 1.82 bits per heavy atom. The molecule has 0 saturated carbocycles. The number of anilines is 1. The lowest BCUT2D eigenvalue weighted by Crippen LogP contribution is -2.57. The molecule has 45 heavy (non-hydrogen) atoms. The van der Waals surface area contributed by atoms with Gasteiger partial charge in [-0.25, -0.2) is 4.98 Å². The Kier molecular flexibility index (Phi) is 10.2. The number of rotatable bonds is 12. The van der Waals surface area contributed by atoms with E-state index in [1.54, 1.807) is 27.8 Å². The third kappa shape index (κ3) is 7.20. The van der Waals surface area contributed by atoms with Crippen LogP contribution in [0.3, 0.4) is 0 Å². The van der Waals surface area contributed by atoms with Gasteiger partial charge >= 0.3 is 0 Å². The number of carbonyl (C=O) groups is 1. The van der Waals surface area contributed by atoms with Crippen molar-refractivity contribution in [2.45, 2.75) is 32.1 Å². The van der Waals surface area contributed by atoms with Gasteiger partial charge in [0, 0.05) is 62.5 Å². The summed E-state index contributed by atoms with van der Waals surface area (Å²) >= 11 is 13.5. The Balaban J connectivity index is 1.53. The van der Waals surface area contributed by atoms with Gasteiger partial charge in [0.15, 0.2) is 0 Å². The number of benzene rings is 1. The SMILES string of the molecule is C=CC(=O)N1CC(OC(C)(C)Cn2c(=O)c(-c3c(Cl)c(OC)cc(OC)c3Cl)cc3cnc(NCCN4CCOCC4)nc32)C1. The molecule has 2 aliphatic rings.